The van der Waals surface area contributed by atoms with Crippen LogP contribution < -0.4 is 5.56 Å². The van der Waals surface area contributed by atoms with Crippen LogP contribution in [0.4, 0.5) is 4.39 Å². The summed E-state index contributed by atoms with van der Waals surface area (Å²) in [6.07, 6.45) is -0.298. The lowest BCUT2D eigenvalue weighted by molar-refractivity contribution is 0.0714. The largest absolute Gasteiger partial charge is 0.391 e. The number of aromatic amines is 1. The van der Waals surface area contributed by atoms with Crippen molar-refractivity contribution in [3.8, 4) is 0 Å². The van der Waals surface area contributed by atoms with E-state index in [2.05, 4.69) is 4.98 Å². The van der Waals surface area contributed by atoms with Crippen molar-refractivity contribution in [2.45, 2.75) is 25.5 Å². The van der Waals surface area contributed by atoms with Crippen LogP contribution in [0.2, 0.25) is 0 Å². The van der Waals surface area contributed by atoms with Gasteiger partial charge in [0, 0.05) is 18.3 Å². The Balaban J connectivity index is 1.96. The molecule has 6 heteroatoms. The number of nitrogens with zero attached hydrogens (tertiary/aromatic N) is 1. The minimum Gasteiger partial charge on any atom is -0.391 e. The first-order valence-corrected chi connectivity index (χ1v) is 7.40. The van der Waals surface area contributed by atoms with Gasteiger partial charge in [-0.15, -0.1) is 0 Å². The summed E-state index contributed by atoms with van der Waals surface area (Å²) < 4.78 is 13.5. The number of halogens is 1. The number of aliphatic hydroxyl groups excluding tert-OH is 1. The van der Waals surface area contributed by atoms with Gasteiger partial charge in [0.2, 0.25) is 5.56 Å². The molecule has 1 aliphatic heterocycles. The van der Waals surface area contributed by atoms with Crippen molar-refractivity contribution < 1.29 is 14.3 Å². The second kappa shape index (κ2) is 5.96. The van der Waals surface area contributed by atoms with E-state index in [1.165, 1.54) is 29.2 Å². The molecule has 5 nitrogen and oxygen atoms in total. The fourth-order valence-electron chi connectivity index (χ4n) is 3.03. The number of hydrogen-bond donors (Lipinski definition) is 2. The fourth-order valence-corrected chi connectivity index (χ4v) is 3.03. The number of benzene rings is 1. The van der Waals surface area contributed by atoms with Crippen LogP contribution in [-0.2, 0) is 0 Å². The highest BCUT2D eigenvalue weighted by Crippen LogP contribution is 2.33. The van der Waals surface area contributed by atoms with Crippen LogP contribution >= 0.6 is 0 Å². The number of aryl methyl sites for hydroxylation is 1. The first-order valence-electron chi connectivity index (χ1n) is 7.40. The number of likely N-dealkylation sites (tertiary alicyclic amines) is 1. The normalized spacial score (nSPS) is 20.7. The number of carbonyl (C=O) groups excluding carboxylic acids is 1. The van der Waals surface area contributed by atoms with Crippen molar-refractivity contribution in [2.75, 3.05) is 6.54 Å². The van der Waals surface area contributed by atoms with Gasteiger partial charge in [-0.1, -0.05) is 12.1 Å². The van der Waals surface area contributed by atoms with Crippen molar-refractivity contribution in [3.05, 3.63) is 69.4 Å². The molecular formula is C17H17FN2O3. The van der Waals surface area contributed by atoms with Gasteiger partial charge in [0.15, 0.2) is 0 Å². The average Bonchev–Trinajstić information content (AvgIpc) is 2.89. The molecule has 0 unspecified atom stereocenters. The molecule has 3 rings (SSSR count). The smallest absolute Gasteiger partial charge is 0.256 e. The van der Waals surface area contributed by atoms with E-state index >= 15 is 0 Å². The molecule has 23 heavy (non-hydrogen) atoms. The Morgan fingerprint density at radius 1 is 1.35 bits per heavy atom. The van der Waals surface area contributed by atoms with E-state index < -0.39 is 6.10 Å². The third-order valence-corrected chi connectivity index (χ3v) is 4.12. The Morgan fingerprint density at radius 2 is 2.13 bits per heavy atom. The van der Waals surface area contributed by atoms with Gasteiger partial charge in [0.1, 0.15) is 5.82 Å². The van der Waals surface area contributed by atoms with Crippen LogP contribution in [0.3, 0.4) is 0 Å². The molecule has 0 radical (unpaired) electrons. The summed E-state index contributed by atoms with van der Waals surface area (Å²) >= 11 is 0. The number of H-pyrrole nitrogens is 1. The predicted molar refractivity (Wildman–Crippen MR) is 82.6 cm³/mol. The summed E-state index contributed by atoms with van der Waals surface area (Å²) in [6, 6.07) is 8.43. The lowest BCUT2D eigenvalue weighted by atomic mass is 10.0. The molecule has 0 bridgehead atoms. The van der Waals surface area contributed by atoms with Crippen LogP contribution in [0.5, 0.6) is 0 Å². The molecule has 1 aliphatic rings. The zero-order valence-electron chi connectivity index (χ0n) is 12.6. The topological polar surface area (TPSA) is 73.4 Å². The van der Waals surface area contributed by atoms with Gasteiger partial charge in [0.25, 0.3) is 5.91 Å². The summed E-state index contributed by atoms with van der Waals surface area (Å²) in [5.74, 6) is -0.666. The Morgan fingerprint density at radius 3 is 2.83 bits per heavy atom. The van der Waals surface area contributed by atoms with Crippen LogP contribution in [0.1, 0.15) is 34.1 Å². The van der Waals surface area contributed by atoms with Crippen LogP contribution in [0.15, 0.2) is 41.2 Å². The van der Waals surface area contributed by atoms with E-state index in [0.717, 1.165) is 0 Å². The Kier molecular flexibility index (Phi) is 4.00. The number of hydrogen-bond acceptors (Lipinski definition) is 3. The van der Waals surface area contributed by atoms with Gasteiger partial charge in [-0.05, 0) is 37.1 Å². The van der Waals surface area contributed by atoms with Gasteiger partial charge < -0.3 is 15.0 Å². The van der Waals surface area contributed by atoms with E-state index in [0.29, 0.717) is 23.2 Å². The third-order valence-electron chi connectivity index (χ3n) is 4.12. The quantitative estimate of drug-likeness (QED) is 0.887. The second-order valence-corrected chi connectivity index (χ2v) is 5.78. The maximum Gasteiger partial charge on any atom is 0.256 e. The van der Waals surface area contributed by atoms with Crippen molar-refractivity contribution in [3.63, 3.8) is 0 Å². The van der Waals surface area contributed by atoms with E-state index in [1.54, 1.807) is 19.1 Å². The molecule has 1 amide bonds. The van der Waals surface area contributed by atoms with Gasteiger partial charge >= 0.3 is 0 Å². The number of aliphatic hydroxyl groups is 1. The lowest BCUT2D eigenvalue weighted by Crippen LogP contribution is -2.33. The lowest BCUT2D eigenvalue weighted by Gasteiger charge is -2.25. The van der Waals surface area contributed by atoms with E-state index in [4.69, 9.17) is 0 Å². The van der Waals surface area contributed by atoms with Crippen molar-refractivity contribution in [1.82, 2.24) is 9.88 Å². The third kappa shape index (κ3) is 3.03. The number of aromatic nitrogens is 1. The number of amides is 1. The summed E-state index contributed by atoms with van der Waals surface area (Å²) in [6.45, 7) is 1.83. The van der Waals surface area contributed by atoms with Gasteiger partial charge in [-0.2, -0.15) is 0 Å². The number of nitrogens with one attached hydrogen (secondary N) is 1. The van der Waals surface area contributed by atoms with E-state index in [9.17, 15) is 19.1 Å². The van der Waals surface area contributed by atoms with E-state index in [1.807, 2.05) is 0 Å². The SMILES string of the molecule is Cc1[nH]c(=O)ccc1C(=O)N1C[C@@H](O)C[C@@H]1c1cccc(F)c1. The summed E-state index contributed by atoms with van der Waals surface area (Å²) in [5.41, 5.74) is 1.22. The first-order chi connectivity index (χ1) is 11.0. The second-order valence-electron chi connectivity index (χ2n) is 5.78. The van der Waals surface area contributed by atoms with Gasteiger partial charge in [-0.3, -0.25) is 9.59 Å². The monoisotopic (exact) mass is 316 g/mol. The molecule has 2 atom stereocenters. The molecule has 2 heterocycles. The molecule has 1 aromatic carbocycles. The number of β-amino-alcohol motifs (C(OH)–C–C–N with tert-alkyl or cyclic N) is 1. The molecule has 1 aromatic heterocycles. The van der Waals surface area contributed by atoms with Gasteiger partial charge in [-0.25, -0.2) is 4.39 Å². The molecule has 2 aromatic rings. The van der Waals surface area contributed by atoms with Crippen molar-refractivity contribution in [2.24, 2.45) is 0 Å². The molecular weight excluding hydrogens is 299 g/mol. The molecule has 0 saturated carbocycles. The minimum atomic E-state index is -0.657. The zero-order chi connectivity index (χ0) is 16.6. The highest BCUT2D eigenvalue weighted by molar-refractivity contribution is 5.95. The standard InChI is InChI=1S/C17H17FN2O3/c1-10-14(5-6-16(22)19-10)17(23)20-9-13(21)8-15(20)11-3-2-4-12(18)7-11/h2-7,13,15,21H,8-9H2,1H3,(H,19,22)/t13-,15+/m0/s1. The molecule has 1 fully saturated rings. The highest BCUT2D eigenvalue weighted by atomic mass is 19.1. The molecule has 2 N–H and O–H groups in total. The number of carbonyl (C=O) groups is 1. The van der Waals surface area contributed by atoms with Crippen molar-refractivity contribution in [1.29, 1.82) is 0 Å². The van der Waals surface area contributed by atoms with Crippen molar-refractivity contribution >= 4 is 5.91 Å². The predicted octanol–water partition coefficient (Wildman–Crippen LogP) is 1.77. The number of pyridine rings is 1. The molecule has 120 valence electrons. The molecule has 0 spiro atoms. The van der Waals surface area contributed by atoms with Crippen LogP contribution in [0, 0.1) is 12.7 Å². The fraction of sp³-hybridized carbons (Fsp3) is 0.294. The minimum absolute atomic E-state index is 0.179. The summed E-state index contributed by atoms with van der Waals surface area (Å²) in [7, 11) is 0. The maximum absolute atomic E-state index is 13.5. The average molecular weight is 316 g/mol. The summed E-state index contributed by atoms with van der Waals surface area (Å²) in [5, 5.41) is 9.96. The van der Waals surface area contributed by atoms with Crippen LogP contribution in [0.25, 0.3) is 0 Å². The Bertz CT molecular complexity index is 802. The Hall–Kier alpha value is -2.47. The highest BCUT2D eigenvalue weighted by Gasteiger charge is 2.36. The maximum atomic E-state index is 13.5. The summed E-state index contributed by atoms with van der Waals surface area (Å²) in [4.78, 5) is 28.2. The van der Waals surface area contributed by atoms with E-state index in [-0.39, 0.29) is 29.9 Å². The van der Waals surface area contributed by atoms with Crippen LogP contribution in [-0.4, -0.2) is 33.5 Å². The van der Waals surface area contributed by atoms with Gasteiger partial charge in [0.05, 0.1) is 17.7 Å². The zero-order valence-corrected chi connectivity index (χ0v) is 12.6. The Labute approximate surface area is 132 Å². The first kappa shape index (κ1) is 15.4. The molecule has 1 saturated heterocycles. The molecule has 0 aliphatic carbocycles. The number of rotatable bonds is 2.